The van der Waals surface area contributed by atoms with E-state index in [-0.39, 0.29) is 23.3 Å². The summed E-state index contributed by atoms with van der Waals surface area (Å²) in [4.78, 5) is 14.0. The van der Waals surface area contributed by atoms with Crippen molar-refractivity contribution in [3.63, 3.8) is 0 Å². The molecule has 0 saturated carbocycles. The van der Waals surface area contributed by atoms with Gasteiger partial charge in [-0.15, -0.1) is 0 Å². The number of thioether (sulfide) groups is 1. The predicted molar refractivity (Wildman–Crippen MR) is 79.2 cm³/mol. The average molecular weight is 283 g/mol. The molecule has 0 saturated heterocycles. The van der Waals surface area contributed by atoms with Crippen molar-refractivity contribution in [3.8, 4) is 11.5 Å². The summed E-state index contributed by atoms with van der Waals surface area (Å²) in [7, 11) is 3.29. The molecule has 1 aromatic rings. The maximum absolute atomic E-state index is 12.3. The molecule has 0 radical (unpaired) electrons. The lowest BCUT2D eigenvalue weighted by Gasteiger charge is -2.25. The van der Waals surface area contributed by atoms with E-state index in [1.165, 1.54) is 13.2 Å². The van der Waals surface area contributed by atoms with Crippen LogP contribution in [0.15, 0.2) is 18.2 Å². The van der Waals surface area contributed by atoms with Crippen molar-refractivity contribution in [2.75, 3.05) is 26.2 Å². The lowest BCUT2D eigenvalue weighted by molar-refractivity contribution is 0.0738. The van der Waals surface area contributed by atoms with Gasteiger partial charge in [-0.3, -0.25) is 4.79 Å². The van der Waals surface area contributed by atoms with E-state index in [0.717, 1.165) is 12.2 Å². The minimum absolute atomic E-state index is 0.0188. The summed E-state index contributed by atoms with van der Waals surface area (Å²) in [5.74, 6) is 1.36. The molecule has 1 atom stereocenters. The van der Waals surface area contributed by atoms with Crippen LogP contribution in [0.25, 0.3) is 0 Å². The first-order valence-electron chi connectivity index (χ1n) is 6.14. The lowest BCUT2D eigenvalue weighted by Crippen LogP contribution is -2.35. The minimum Gasteiger partial charge on any atom is -0.507 e. The molecule has 0 heterocycles. The highest BCUT2D eigenvalue weighted by atomic mass is 32.2. The topological polar surface area (TPSA) is 49.8 Å². The Kier molecular flexibility index (Phi) is 6.02. The van der Waals surface area contributed by atoms with E-state index in [2.05, 4.69) is 0 Å². The highest BCUT2D eigenvalue weighted by Gasteiger charge is 2.20. The number of nitrogens with zero attached hydrogens (tertiary/aromatic N) is 1. The quantitative estimate of drug-likeness (QED) is 0.872. The van der Waals surface area contributed by atoms with Gasteiger partial charge in [-0.05, 0) is 43.6 Å². The zero-order valence-electron chi connectivity index (χ0n) is 11.8. The van der Waals surface area contributed by atoms with Crippen LogP contribution in [-0.2, 0) is 0 Å². The number of aromatic hydroxyl groups is 1. The van der Waals surface area contributed by atoms with Crippen LogP contribution >= 0.6 is 11.8 Å². The van der Waals surface area contributed by atoms with Gasteiger partial charge in [0.05, 0.1) is 12.7 Å². The molecule has 0 aromatic heterocycles. The number of methoxy groups -OCH3 is 1. The Morgan fingerprint density at radius 3 is 2.79 bits per heavy atom. The van der Waals surface area contributed by atoms with Gasteiger partial charge in [-0.25, -0.2) is 0 Å². The Hall–Kier alpha value is -1.36. The standard InChI is InChI=1S/C14H21NO3S/c1-10(7-8-19-4)15(2)14(17)12-9-11(18-3)5-6-13(12)16/h5-6,9-10,16H,7-8H2,1-4H3. The van der Waals surface area contributed by atoms with Gasteiger partial charge in [0.2, 0.25) is 0 Å². The Morgan fingerprint density at radius 2 is 2.21 bits per heavy atom. The highest BCUT2D eigenvalue weighted by molar-refractivity contribution is 7.98. The van der Waals surface area contributed by atoms with Crippen LogP contribution in [0.3, 0.4) is 0 Å². The summed E-state index contributed by atoms with van der Waals surface area (Å²) >= 11 is 1.76. The Balaban J connectivity index is 2.86. The molecule has 1 N–H and O–H groups in total. The number of carbonyl (C=O) groups excluding carboxylic acids is 1. The van der Waals surface area contributed by atoms with Crippen LogP contribution in [-0.4, -0.2) is 48.1 Å². The molecule has 0 bridgehead atoms. The third kappa shape index (κ3) is 4.06. The molecule has 5 heteroatoms. The second-order valence-electron chi connectivity index (χ2n) is 4.43. The SMILES string of the molecule is COc1ccc(O)c(C(=O)N(C)C(C)CCSC)c1. The third-order valence-electron chi connectivity index (χ3n) is 3.16. The number of phenols is 1. The van der Waals surface area contributed by atoms with Crippen LogP contribution in [0.1, 0.15) is 23.7 Å². The first-order valence-corrected chi connectivity index (χ1v) is 7.53. The van der Waals surface area contributed by atoms with Gasteiger partial charge in [0, 0.05) is 13.1 Å². The number of rotatable bonds is 6. The van der Waals surface area contributed by atoms with Crippen LogP contribution in [0.2, 0.25) is 0 Å². The Bertz CT molecular complexity index is 437. The van der Waals surface area contributed by atoms with Crippen molar-refractivity contribution in [1.29, 1.82) is 0 Å². The molecule has 1 aromatic carbocycles. The summed E-state index contributed by atoms with van der Waals surface area (Å²) in [6, 6.07) is 4.80. The fourth-order valence-corrected chi connectivity index (χ4v) is 2.26. The van der Waals surface area contributed by atoms with Gasteiger partial charge in [0.25, 0.3) is 5.91 Å². The molecule has 0 aliphatic carbocycles. The summed E-state index contributed by atoms with van der Waals surface area (Å²) in [6.45, 7) is 2.01. The molecule has 1 unspecified atom stereocenters. The first kappa shape index (κ1) is 15.7. The summed E-state index contributed by atoms with van der Waals surface area (Å²) < 4.78 is 5.08. The molecular formula is C14H21NO3S. The predicted octanol–water partition coefficient (Wildman–Crippen LogP) is 2.61. The van der Waals surface area contributed by atoms with E-state index in [1.54, 1.807) is 35.8 Å². The summed E-state index contributed by atoms with van der Waals surface area (Å²) in [6.07, 6.45) is 2.97. The number of ether oxygens (including phenoxy) is 1. The van der Waals surface area contributed by atoms with E-state index in [1.807, 2.05) is 13.2 Å². The lowest BCUT2D eigenvalue weighted by atomic mass is 10.1. The van der Waals surface area contributed by atoms with Crippen molar-refractivity contribution in [2.24, 2.45) is 0 Å². The van der Waals surface area contributed by atoms with Gasteiger partial charge in [0.15, 0.2) is 0 Å². The zero-order chi connectivity index (χ0) is 14.4. The summed E-state index contributed by atoms with van der Waals surface area (Å²) in [5.41, 5.74) is 0.276. The number of phenolic OH excluding ortho intramolecular Hbond substituents is 1. The van der Waals surface area contributed by atoms with Crippen LogP contribution in [0.4, 0.5) is 0 Å². The van der Waals surface area contributed by atoms with E-state index in [9.17, 15) is 9.90 Å². The minimum atomic E-state index is -0.190. The number of amides is 1. The average Bonchev–Trinajstić information content (AvgIpc) is 2.43. The summed E-state index contributed by atoms with van der Waals surface area (Å²) in [5, 5.41) is 9.80. The number of hydrogen-bond acceptors (Lipinski definition) is 4. The normalized spacial score (nSPS) is 12.0. The Morgan fingerprint density at radius 1 is 1.53 bits per heavy atom. The maximum Gasteiger partial charge on any atom is 0.257 e. The second-order valence-corrected chi connectivity index (χ2v) is 5.42. The molecule has 0 spiro atoms. The van der Waals surface area contributed by atoms with Crippen LogP contribution in [0.5, 0.6) is 11.5 Å². The van der Waals surface area contributed by atoms with Gasteiger partial charge < -0.3 is 14.7 Å². The Labute approximate surface area is 118 Å². The second kappa shape index (κ2) is 7.28. The van der Waals surface area contributed by atoms with Crippen molar-refractivity contribution in [2.45, 2.75) is 19.4 Å². The smallest absolute Gasteiger partial charge is 0.257 e. The van der Waals surface area contributed by atoms with Crippen LogP contribution < -0.4 is 4.74 Å². The van der Waals surface area contributed by atoms with E-state index < -0.39 is 0 Å². The van der Waals surface area contributed by atoms with Gasteiger partial charge in [-0.1, -0.05) is 0 Å². The molecule has 0 aliphatic heterocycles. The first-order chi connectivity index (χ1) is 9.01. The van der Waals surface area contributed by atoms with Gasteiger partial charge >= 0.3 is 0 Å². The van der Waals surface area contributed by atoms with Crippen molar-refractivity contribution < 1.29 is 14.6 Å². The van der Waals surface area contributed by atoms with Crippen molar-refractivity contribution in [1.82, 2.24) is 4.90 Å². The molecule has 1 rings (SSSR count). The molecule has 19 heavy (non-hydrogen) atoms. The van der Waals surface area contributed by atoms with Crippen molar-refractivity contribution in [3.05, 3.63) is 23.8 Å². The molecule has 0 fully saturated rings. The molecular weight excluding hydrogens is 262 g/mol. The highest BCUT2D eigenvalue weighted by Crippen LogP contribution is 2.24. The van der Waals surface area contributed by atoms with E-state index in [4.69, 9.17) is 4.74 Å². The molecule has 0 aliphatic rings. The number of carbonyl (C=O) groups is 1. The molecule has 106 valence electrons. The van der Waals surface area contributed by atoms with E-state index >= 15 is 0 Å². The van der Waals surface area contributed by atoms with Crippen LogP contribution in [0, 0.1) is 0 Å². The monoisotopic (exact) mass is 283 g/mol. The van der Waals surface area contributed by atoms with Crippen molar-refractivity contribution >= 4 is 17.7 Å². The molecule has 1 amide bonds. The number of hydrogen-bond donors (Lipinski definition) is 1. The largest absolute Gasteiger partial charge is 0.507 e. The third-order valence-corrected chi connectivity index (χ3v) is 3.80. The zero-order valence-corrected chi connectivity index (χ0v) is 12.7. The maximum atomic E-state index is 12.3. The van der Waals surface area contributed by atoms with Gasteiger partial charge in [-0.2, -0.15) is 11.8 Å². The fourth-order valence-electron chi connectivity index (χ4n) is 1.69. The van der Waals surface area contributed by atoms with Gasteiger partial charge in [0.1, 0.15) is 11.5 Å². The number of benzene rings is 1. The fraction of sp³-hybridized carbons (Fsp3) is 0.500. The van der Waals surface area contributed by atoms with E-state index in [0.29, 0.717) is 5.75 Å². The molecule has 4 nitrogen and oxygen atoms in total.